The van der Waals surface area contributed by atoms with Gasteiger partial charge in [-0.1, -0.05) is 17.7 Å². The lowest BCUT2D eigenvalue weighted by molar-refractivity contribution is -0.166. The zero-order valence-corrected chi connectivity index (χ0v) is 23.8. The van der Waals surface area contributed by atoms with Crippen LogP contribution in [0.25, 0.3) is 10.9 Å². The van der Waals surface area contributed by atoms with Gasteiger partial charge in [0.15, 0.2) is 5.79 Å². The monoisotopic (exact) mass is 572 g/mol. The molecule has 4 rings (SSSR count). The molecule has 1 aromatic carbocycles. The van der Waals surface area contributed by atoms with Crippen LogP contribution in [0.1, 0.15) is 47.1 Å². The summed E-state index contributed by atoms with van der Waals surface area (Å²) in [7, 11) is -3.99. The van der Waals surface area contributed by atoms with Gasteiger partial charge in [-0.15, -0.1) is 0 Å². The van der Waals surface area contributed by atoms with Crippen LogP contribution in [0.5, 0.6) is 0 Å². The van der Waals surface area contributed by atoms with Crippen molar-refractivity contribution in [2.75, 3.05) is 26.4 Å². The largest absolute Gasteiger partial charge is 0.464 e. The lowest BCUT2D eigenvalue weighted by Gasteiger charge is -2.27. The van der Waals surface area contributed by atoms with Gasteiger partial charge in [-0.2, -0.15) is 0 Å². The summed E-state index contributed by atoms with van der Waals surface area (Å²) in [6.07, 6.45) is 0.932. The third-order valence-electron chi connectivity index (χ3n) is 6.53. The second kappa shape index (κ2) is 11.7. The number of hydrogen-bond donors (Lipinski definition) is 0. The van der Waals surface area contributed by atoms with Gasteiger partial charge < -0.3 is 28.0 Å². The third-order valence-corrected chi connectivity index (χ3v) is 9.02. The van der Waals surface area contributed by atoms with E-state index in [-0.39, 0.29) is 37.9 Å². The number of hydrogen-bond acceptors (Lipinski definition) is 10. The number of nitrogens with zero attached hydrogens (tertiary/aromatic N) is 2. The lowest BCUT2D eigenvalue weighted by Crippen LogP contribution is -2.34. The highest BCUT2D eigenvalue weighted by Gasteiger charge is 2.55. The molecule has 1 aliphatic carbocycles. The molecular formula is C25H34ClN2O9P. The molecule has 0 N–H and O–H groups in total. The van der Waals surface area contributed by atoms with Crippen LogP contribution < -0.4 is 5.56 Å². The first kappa shape index (κ1) is 29.1. The molecular weight excluding hydrogens is 539 g/mol. The van der Waals surface area contributed by atoms with E-state index < -0.39 is 43.4 Å². The van der Waals surface area contributed by atoms with E-state index in [1.165, 1.54) is 10.9 Å². The normalized spacial score (nSPS) is 25.4. The summed E-state index contributed by atoms with van der Waals surface area (Å²) in [5.41, 5.74) is 0.206. The SMILES string of the molecule is CCOC(=O)C(OCC1CC(n2cnc3cccc(Cl)c3c2=O)C2OC(C)(C)OC12)P(=O)(OCC)OCC. The Kier molecular flexibility index (Phi) is 8.98. The van der Waals surface area contributed by atoms with Crippen molar-refractivity contribution in [2.24, 2.45) is 5.92 Å². The Morgan fingerprint density at radius 2 is 1.87 bits per heavy atom. The van der Waals surface area contributed by atoms with Crippen molar-refractivity contribution >= 4 is 36.1 Å². The third kappa shape index (κ3) is 5.70. The second-order valence-electron chi connectivity index (χ2n) is 9.53. The van der Waals surface area contributed by atoms with E-state index in [0.29, 0.717) is 22.3 Å². The molecule has 1 saturated heterocycles. The van der Waals surface area contributed by atoms with Gasteiger partial charge in [0, 0.05) is 5.92 Å². The van der Waals surface area contributed by atoms with Crippen LogP contribution in [0.15, 0.2) is 29.3 Å². The number of carbonyl (C=O) groups excluding carboxylic acids is 1. The molecule has 0 amide bonds. The molecule has 13 heteroatoms. The molecule has 0 radical (unpaired) electrons. The molecule has 2 aromatic rings. The van der Waals surface area contributed by atoms with E-state index in [0.717, 1.165) is 0 Å². The summed E-state index contributed by atoms with van der Waals surface area (Å²) in [4.78, 5) is 30.7. The first-order chi connectivity index (χ1) is 18.0. The number of esters is 1. The van der Waals surface area contributed by atoms with Crippen molar-refractivity contribution in [3.05, 3.63) is 39.9 Å². The summed E-state index contributed by atoms with van der Waals surface area (Å²) >= 11 is 6.34. The van der Waals surface area contributed by atoms with E-state index in [1.54, 1.807) is 52.8 Å². The summed E-state index contributed by atoms with van der Waals surface area (Å²) in [6, 6.07) is 4.67. The highest BCUT2D eigenvalue weighted by molar-refractivity contribution is 7.55. The van der Waals surface area contributed by atoms with Crippen LogP contribution in [-0.2, 0) is 37.4 Å². The predicted molar refractivity (Wildman–Crippen MR) is 139 cm³/mol. The maximum Gasteiger partial charge on any atom is 0.370 e. The highest BCUT2D eigenvalue weighted by Crippen LogP contribution is 2.55. The Balaban J connectivity index is 1.64. The van der Waals surface area contributed by atoms with E-state index in [9.17, 15) is 14.2 Å². The number of carbonyl (C=O) groups is 1. The fraction of sp³-hybridized carbons (Fsp3) is 0.640. The van der Waals surface area contributed by atoms with Crippen LogP contribution in [0.2, 0.25) is 5.02 Å². The Labute approximate surface area is 226 Å². The van der Waals surface area contributed by atoms with Gasteiger partial charge in [-0.25, -0.2) is 9.78 Å². The lowest BCUT2D eigenvalue weighted by atomic mass is 10.1. The van der Waals surface area contributed by atoms with Crippen molar-refractivity contribution in [2.45, 2.75) is 70.9 Å². The standard InChI is InChI=1S/C25H34ClN2O9P/c1-6-32-23(30)24(38(31,34-7-2)35-8-3)33-13-15-12-18(21-20(15)36-25(4,5)37-21)28-14-27-17-11-9-10-16(26)19(17)22(28)29/h9-11,14-15,18,20-21,24H,6-8,12-13H2,1-5H3. The van der Waals surface area contributed by atoms with Crippen molar-refractivity contribution in [3.8, 4) is 0 Å². The molecule has 5 atom stereocenters. The molecule has 0 spiro atoms. The summed E-state index contributed by atoms with van der Waals surface area (Å²) in [5.74, 6) is -3.64. The molecule has 11 nitrogen and oxygen atoms in total. The van der Waals surface area contributed by atoms with Gasteiger partial charge in [0.2, 0.25) is 0 Å². The minimum absolute atomic E-state index is 0.0404. The molecule has 38 heavy (non-hydrogen) atoms. The molecule has 1 aromatic heterocycles. The van der Waals surface area contributed by atoms with E-state index in [2.05, 4.69) is 4.98 Å². The first-order valence-electron chi connectivity index (χ1n) is 12.7. The maximum absolute atomic E-state index is 13.5. The molecule has 2 aliphatic rings. The van der Waals surface area contributed by atoms with E-state index in [4.69, 9.17) is 39.6 Å². The number of fused-ring (bicyclic) bond motifs is 2. The Bertz CT molecular complexity index is 1260. The fourth-order valence-electron chi connectivity index (χ4n) is 5.12. The summed E-state index contributed by atoms with van der Waals surface area (Å²) in [5, 5.41) is 0.635. The maximum atomic E-state index is 13.5. The average Bonchev–Trinajstić information content (AvgIpc) is 3.33. The van der Waals surface area contributed by atoms with Crippen LogP contribution >= 0.6 is 19.2 Å². The summed E-state index contributed by atoms with van der Waals surface area (Å²) in [6.45, 7) is 8.65. The van der Waals surface area contributed by atoms with Crippen molar-refractivity contribution in [1.29, 1.82) is 0 Å². The minimum atomic E-state index is -3.99. The molecule has 1 saturated carbocycles. The molecule has 0 bridgehead atoms. The van der Waals surface area contributed by atoms with Crippen LogP contribution in [0.4, 0.5) is 0 Å². The van der Waals surface area contributed by atoms with E-state index in [1.807, 2.05) is 0 Å². The van der Waals surface area contributed by atoms with Gasteiger partial charge in [0.05, 0.1) is 60.8 Å². The summed E-state index contributed by atoms with van der Waals surface area (Å²) < 4.78 is 49.2. The smallest absolute Gasteiger partial charge is 0.370 e. The number of benzene rings is 1. The molecule has 210 valence electrons. The first-order valence-corrected chi connectivity index (χ1v) is 14.7. The number of aromatic nitrogens is 2. The Morgan fingerprint density at radius 1 is 1.18 bits per heavy atom. The van der Waals surface area contributed by atoms with Crippen molar-refractivity contribution in [1.82, 2.24) is 9.55 Å². The molecule has 2 fully saturated rings. The minimum Gasteiger partial charge on any atom is -0.464 e. The highest BCUT2D eigenvalue weighted by atomic mass is 35.5. The Morgan fingerprint density at radius 3 is 2.53 bits per heavy atom. The quantitative estimate of drug-likeness (QED) is 0.284. The number of halogens is 1. The Hall–Kier alpha value is -1.85. The zero-order valence-electron chi connectivity index (χ0n) is 22.1. The van der Waals surface area contributed by atoms with Gasteiger partial charge in [-0.05, 0) is 53.2 Å². The molecule has 5 unspecified atom stereocenters. The van der Waals surface area contributed by atoms with Gasteiger partial charge in [0.25, 0.3) is 11.4 Å². The van der Waals surface area contributed by atoms with Gasteiger partial charge in [-0.3, -0.25) is 13.9 Å². The topological polar surface area (TPSA) is 124 Å². The van der Waals surface area contributed by atoms with Crippen molar-refractivity contribution in [3.63, 3.8) is 0 Å². The average molecular weight is 573 g/mol. The van der Waals surface area contributed by atoms with Crippen LogP contribution in [0.3, 0.4) is 0 Å². The zero-order chi connectivity index (χ0) is 27.7. The number of rotatable bonds is 11. The molecule has 2 heterocycles. The van der Waals surface area contributed by atoms with Crippen LogP contribution in [-0.4, -0.2) is 65.8 Å². The van der Waals surface area contributed by atoms with Gasteiger partial charge >= 0.3 is 13.6 Å². The number of ether oxygens (including phenoxy) is 4. The second-order valence-corrected chi connectivity index (χ2v) is 12.0. The van der Waals surface area contributed by atoms with Gasteiger partial charge in [0.1, 0.15) is 6.10 Å². The van der Waals surface area contributed by atoms with Crippen LogP contribution in [0, 0.1) is 5.92 Å². The predicted octanol–water partition coefficient (Wildman–Crippen LogP) is 4.30. The molecule has 1 aliphatic heterocycles. The van der Waals surface area contributed by atoms with Crippen molar-refractivity contribution < 1.29 is 37.4 Å². The fourth-order valence-corrected chi connectivity index (χ4v) is 7.03. The van der Waals surface area contributed by atoms with E-state index >= 15 is 0 Å².